The van der Waals surface area contributed by atoms with E-state index in [1.807, 2.05) is 24.0 Å². The van der Waals surface area contributed by atoms with E-state index >= 15 is 0 Å². The fraction of sp³-hybridized carbons (Fsp3) is 0.636. The lowest BCUT2D eigenvalue weighted by molar-refractivity contribution is 0.0701. The molecule has 0 aromatic carbocycles. The molecule has 0 radical (unpaired) electrons. The quantitative estimate of drug-likeness (QED) is 0.801. The number of aryl methyl sites for hydroxylation is 1. The monoisotopic (exact) mass is 394 g/mol. The predicted octanol–water partition coefficient (Wildman–Crippen LogP) is 2.76. The number of hydrogen-bond donors (Lipinski definition) is 0. The Morgan fingerprint density at radius 2 is 1.90 bits per heavy atom. The highest BCUT2D eigenvalue weighted by atomic mass is 16.2. The molecule has 1 saturated heterocycles. The lowest BCUT2D eigenvalue weighted by Gasteiger charge is -2.35. The van der Waals surface area contributed by atoms with Crippen LogP contribution in [0, 0.1) is 6.92 Å². The maximum absolute atomic E-state index is 12.9. The molecule has 29 heavy (non-hydrogen) atoms. The van der Waals surface area contributed by atoms with E-state index in [9.17, 15) is 4.79 Å². The first-order valence-corrected chi connectivity index (χ1v) is 11.1. The van der Waals surface area contributed by atoms with E-state index in [1.165, 1.54) is 25.7 Å². The maximum atomic E-state index is 12.9. The number of carbonyl (C=O) groups excluding carboxylic acids is 1. The molecule has 2 aliphatic heterocycles. The minimum absolute atomic E-state index is 0.0768. The van der Waals surface area contributed by atoms with Crippen LogP contribution in [0.4, 0.5) is 0 Å². The highest BCUT2D eigenvalue weighted by molar-refractivity contribution is 5.94. The average Bonchev–Trinajstić information content (AvgIpc) is 3.43. The second kappa shape index (κ2) is 7.86. The molecule has 5 rings (SSSR count). The van der Waals surface area contributed by atoms with Crippen LogP contribution in [0.1, 0.15) is 72.1 Å². The number of likely N-dealkylation sites (tertiary alicyclic amines) is 1. The van der Waals surface area contributed by atoms with Crippen LogP contribution in [-0.4, -0.2) is 61.1 Å². The normalized spacial score (nSPS) is 23.3. The Bertz CT molecular complexity index is 870. The molecule has 2 fully saturated rings. The Labute approximate surface area is 172 Å². The van der Waals surface area contributed by atoms with Crippen LogP contribution in [0.15, 0.2) is 18.3 Å². The summed E-state index contributed by atoms with van der Waals surface area (Å²) >= 11 is 0. The van der Waals surface area contributed by atoms with Crippen molar-refractivity contribution in [3.05, 3.63) is 41.2 Å². The highest BCUT2D eigenvalue weighted by Crippen LogP contribution is 2.30. The van der Waals surface area contributed by atoms with Crippen LogP contribution >= 0.6 is 0 Å². The van der Waals surface area contributed by atoms with Crippen LogP contribution in [0.2, 0.25) is 0 Å². The SMILES string of the molecule is Cc1ccc(C(=O)N2CCCC(c3nnc4n3CCN(C3CCCC3)C4)C2)cn1. The summed E-state index contributed by atoms with van der Waals surface area (Å²) in [5, 5.41) is 9.15. The molecule has 4 heterocycles. The summed E-state index contributed by atoms with van der Waals surface area (Å²) in [6.07, 6.45) is 9.15. The molecule has 1 saturated carbocycles. The summed E-state index contributed by atoms with van der Waals surface area (Å²) in [6.45, 7) is 6.44. The minimum atomic E-state index is 0.0768. The molecule has 2 aromatic heterocycles. The first kappa shape index (κ1) is 18.7. The summed E-state index contributed by atoms with van der Waals surface area (Å²) in [7, 11) is 0. The van der Waals surface area contributed by atoms with Crippen LogP contribution in [-0.2, 0) is 13.1 Å². The van der Waals surface area contributed by atoms with E-state index in [0.717, 1.165) is 69.0 Å². The molecule has 7 heteroatoms. The average molecular weight is 395 g/mol. The molecule has 0 N–H and O–H groups in total. The van der Waals surface area contributed by atoms with Crippen LogP contribution in [0.5, 0.6) is 0 Å². The van der Waals surface area contributed by atoms with E-state index in [1.54, 1.807) is 6.20 Å². The van der Waals surface area contributed by atoms with E-state index in [4.69, 9.17) is 0 Å². The van der Waals surface area contributed by atoms with Crippen molar-refractivity contribution < 1.29 is 4.79 Å². The number of pyridine rings is 1. The fourth-order valence-electron chi connectivity index (χ4n) is 5.23. The van der Waals surface area contributed by atoms with Crippen LogP contribution < -0.4 is 0 Å². The molecule has 154 valence electrons. The summed E-state index contributed by atoms with van der Waals surface area (Å²) in [5.74, 6) is 2.52. The van der Waals surface area contributed by atoms with Gasteiger partial charge in [-0.05, 0) is 44.7 Å². The third-order valence-corrected chi connectivity index (χ3v) is 6.88. The number of fused-ring (bicyclic) bond motifs is 1. The summed E-state index contributed by atoms with van der Waals surface area (Å²) in [4.78, 5) is 21.8. The number of rotatable bonds is 3. The first-order valence-electron chi connectivity index (χ1n) is 11.1. The van der Waals surface area contributed by atoms with E-state index in [-0.39, 0.29) is 11.8 Å². The summed E-state index contributed by atoms with van der Waals surface area (Å²) in [6, 6.07) is 4.51. The van der Waals surface area contributed by atoms with Gasteiger partial charge in [0.05, 0.1) is 12.1 Å². The van der Waals surface area contributed by atoms with Gasteiger partial charge in [-0.15, -0.1) is 10.2 Å². The van der Waals surface area contributed by atoms with Gasteiger partial charge in [0.1, 0.15) is 11.6 Å². The second-order valence-corrected chi connectivity index (χ2v) is 8.81. The molecule has 7 nitrogen and oxygen atoms in total. The number of piperidine rings is 1. The van der Waals surface area contributed by atoms with Gasteiger partial charge in [-0.3, -0.25) is 14.7 Å². The van der Waals surface area contributed by atoms with Gasteiger partial charge >= 0.3 is 0 Å². The fourth-order valence-corrected chi connectivity index (χ4v) is 5.23. The molecule has 0 spiro atoms. The van der Waals surface area contributed by atoms with E-state index in [0.29, 0.717) is 5.56 Å². The Morgan fingerprint density at radius 3 is 2.69 bits per heavy atom. The van der Waals surface area contributed by atoms with Crippen molar-refractivity contribution in [2.45, 2.75) is 70.5 Å². The molecule has 3 aliphatic rings. The zero-order valence-electron chi connectivity index (χ0n) is 17.3. The van der Waals surface area contributed by atoms with Gasteiger partial charge in [0.25, 0.3) is 5.91 Å². The van der Waals surface area contributed by atoms with Crippen LogP contribution in [0.3, 0.4) is 0 Å². The topological polar surface area (TPSA) is 67.2 Å². The smallest absolute Gasteiger partial charge is 0.255 e. The Balaban J connectivity index is 1.29. The van der Waals surface area contributed by atoms with Gasteiger partial charge in [0.15, 0.2) is 0 Å². The van der Waals surface area contributed by atoms with Gasteiger partial charge < -0.3 is 9.47 Å². The zero-order valence-corrected chi connectivity index (χ0v) is 17.3. The van der Waals surface area contributed by atoms with Crippen molar-refractivity contribution in [1.82, 2.24) is 29.5 Å². The first-order chi connectivity index (χ1) is 14.2. The van der Waals surface area contributed by atoms with Crippen molar-refractivity contribution in [2.75, 3.05) is 19.6 Å². The van der Waals surface area contributed by atoms with Crippen molar-refractivity contribution in [3.63, 3.8) is 0 Å². The van der Waals surface area contributed by atoms with Gasteiger partial charge in [-0.2, -0.15) is 0 Å². The zero-order chi connectivity index (χ0) is 19.8. The van der Waals surface area contributed by atoms with Crippen molar-refractivity contribution in [2.24, 2.45) is 0 Å². The number of aromatic nitrogens is 4. The van der Waals surface area contributed by atoms with Gasteiger partial charge in [-0.25, -0.2) is 0 Å². The van der Waals surface area contributed by atoms with E-state index < -0.39 is 0 Å². The lowest BCUT2D eigenvalue weighted by Crippen LogP contribution is -2.42. The molecule has 2 aromatic rings. The second-order valence-electron chi connectivity index (χ2n) is 8.81. The largest absolute Gasteiger partial charge is 0.338 e. The number of amides is 1. The van der Waals surface area contributed by atoms with Gasteiger partial charge in [0, 0.05) is 50.0 Å². The molecule has 1 unspecified atom stereocenters. The van der Waals surface area contributed by atoms with Crippen LogP contribution in [0.25, 0.3) is 0 Å². The number of carbonyl (C=O) groups is 1. The van der Waals surface area contributed by atoms with Crippen molar-refractivity contribution >= 4 is 5.91 Å². The third kappa shape index (κ3) is 3.68. The molecule has 1 aliphatic carbocycles. The van der Waals surface area contributed by atoms with Crippen molar-refractivity contribution in [3.8, 4) is 0 Å². The molecule has 1 atom stereocenters. The molecular weight excluding hydrogens is 364 g/mol. The van der Waals surface area contributed by atoms with E-state index in [2.05, 4.69) is 24.6 Å². The third-order valence-electron chi connectivity index (χ3n) is 6.88. The highest BCUT2D eigenvalue weighted by Gasteiger charge is 2.33. The summed E-state index contributed by atoms with van der Waals surface area (Å²) in [5.41, 5.74) is 1.60. The number of nitrogens with zero attached hydrogens (tertiary/aromatic N) is 6. The number of hydrogen-bond acceptors (Lipinski definition) is 5. The Kier molecular flexibility index (Phi) is 5.08. The lowest BCUT2D eigenvalue weighted by atomic mass is 9.96. The molecule has 1 amide bonds. The Morgan fingerprint density at radius 1 is 1.03 bits per heavy atom. The van der Waals surface area contributed by atoms with Crippen molar-refractivity contribution in [1.29, 1.82) is 0 Å². The maximum Gasteiger partial charge on any atom is 0.255 e. The Hall–Kier alpha value is -2.28. The molecular formula is C22H30N6O. The predicted molar refractivity (Wildman–Crippen MR) is 110 cm³/mol. The standard InChI is InChI=1S/C22H30N6O/c1-16-8-9-17(13-23-16)22(29)27-10-4-5-18(14-27)21-25-24-20-15-26(11-12-28(20)21)19-6-2-3-7-19/h8-9,13,18-19H,2-7,10-12,14-15H2,1H3. The van der Waals surface area contributed by atoms with Gasteiger partial charge in [0.2, 0.25) is 0 Å². The molecule has 0 bridgehead atoms. The van der Waals surface area contributed by atoms with Gasteiger partial charge in [-0.1, -0.05) is 12.8 Å². The summed E-state index contributed by atoms with van der Waals surface area (Å²) < 4.78 is 2.33. The minimum Gasteiger partial charge on any atom is -0.338 e.